The van der Waals surface area contributed by atoms with Crippen molar-refractivity contribution in [3.05, 3.63) is 57.0 Å². The summed E-state index contributed by atoms with van der Waals surface area (Å²) in [6.45, 7) is 1.73. The van der Waals surface area contributed by atoms with Crippen LogP contribution in [0.15, 0.2) is 35.1 Å². The monoisotopic (exact) mass is 374 g/mol. The zero-order valence-corrected chi connectivity index (χ0v) is 14.8. The maximum absolute atomic E-state index is 12.2. The molecule has 1 aromatic carbocycles. The SMILES string of the molecule is Nc1nc2nc(CN3CCCC(O)(c4ccc(Cl)cc4)C3)cc(=O)n2[nH]1. The molecule has 1 aliphatic rings. The third kappa shape index (κ3) is 3.18. The minimum absolute atomic E-state index is 0.141. The number of hydrogen-bond donors (Lipinski definition) is 3. The smallest absolute Gasteiger partial charge is 0.274 e. The molecule has 0 radical (unpaired) electrons. The molecule has 0 amide bonds. The van der Waals surface area contributed by atoms with Gasteiger partial charge in [-0.2, -0.15) is 9.50 Å². The third-order valence-electron chi connectivity index (χ3n) is 4.72. The molecule has 3 heterocycles. The molecule has 0 bridgehead atoms. The molecule has 1 unspecified atom stereocenters. The van der Waals surface area contributed by atoms with E-state index in [0.717, 1.165) is 18.5 Å². The molecule has 1 atom stereocenters. The number of fused-ring (bicyclic) bond motifs is 1. The average molecular weight is 375 g/mol. The Morgan fingerprint density at radius 1 is 1.31 bits per heavy atom. The summed E-state index contributed by atoms with van der Waals surface area (Å²) in [5, 5.41) is 14.4. The molecule has 4 rings (SSSR count). The molecular formula is C17H19ClN6O2. The highest BCUT2D eigenvalue weighted by molar-refractivity contribution is 6.30. The number of piperidine rings is 1. The van der Waals surface area contributed by atoms with Gasteiger partial charge < -0.3 is 10.8 Å². The van der Waals surface area contributed by atoms with Crippen LogP contribution in [0.25, 0.3) is 5.78 Å². The van der Waals surface area contributed by atoms with Crippen molar-refractivity contribution in [1.29, 1.82) is 0 Å². The summed E-state index contributed by atoms with van der Waals surface area (Å²) in [5.74, 6) is 0.386. The number of anilines is 1. The number of aromatic amines is 1. The largest absolute Gasteiger partial charge is 0.384 e. The van der Waals surface area contributed by atoms with Gasteiger partial charge in [0.05, 0.1) is 5.69 Å². The molecule has 0 spiro atoms. The average Bonchev–Trinajstić information content (AvgIpc) is 2.96. The number of nitrogens with two attached hydrogens (primary N) is 1. The number of benzene rings is 1. The van der Waals surface area contributed by atoms with Gasteiger partial charge in [0.15, 0.2) is 0 Å². The lowest BCUT2D eigenvalue weighted by molar-refractivity contribution is -0.0384. The molecule has 3 aromatic rings. The van der Waals surface area contributed by atoms with Crippen molar-refractivity contribution in [2.75, 3.05) is 18.8 Å². The van der Waals surface area contributed by atoms with E-state index >= 15 is 0 Å². The van der Waals surface area contributed by atoms with E-state index in [1.165, 1.54) is 10.6 Å². The Labute approximate surface area is 154 Å². The lowest BCUT2D eigenvalue weighted by atomic mass is 9.86. The molecule has 8 nitrogen and oxygen atoms in total. The van der Waals surface area contributed by atoms with Crippen LogP contribution in [0.5, 0.6) is 0 Å². The minimum atomic E-state index is -0.946. The fraction of sp³-hybridized carbons (Fsp3) is 0.353. The van der Waals surface area contributed by atoms with E-state index in [4.69, 9.17) is 17.3 Å². The second kappa shape index (κ2) is 6.39. The molecule has 9 heteroatoms. The van der Waals surface area contributed by atoms with Crippen LogP contribution in [-0.2, 0) is 12.1 Å². The molecular weight excluding hydrogens is 356 g/mol. The van der Waals surface area contributed by atoms with Crippen LogP contribution < -0.4 is 11.3 Å². The molecule has 0 aliphatic carbocycles. The second-order valence-electron chi connectivity index (χ2n) is 6.68. The van der Waals surface area contributed by atoms with E-state index in [1.807, 2.05) is 12.1 Å². The third-order valence-corrected chi connectivity index (χ3v) is 4.97. The van der Waals surface area contributed by atoms with E-state index in [2.05, 4.69) is 20.0 Å². The van der Waals surface area contributed by atoms with Gasteiger partial charge in [0.25, 0.3) is 11.3 Å². The second-order valence-corrected chi connectivity index (χ2v) is 7.12. The van der Waals surface area contributed by atoms with E-state index < -0.39 is 5.60 Å². The molecule has 2 aromatic heterocycles. The first-order chi connectivity index (χ1) is 12.4. The van der Waals surface area contributed by atoms with Crippen LogP contribution in [0.3, 0.4) is 0 Å². The predicted octanol–water partition coefficient (Wildman–Crippen LogP) is 1.14. The molecule has 136 valence electrons. The summed E-state index contributed by atoms with van der Waals surface area (Å²) in [6, 6.07) is 8.74. The van der Waals surface area contributed by atoms with Crippen molar-refractivity contribution < 1.29 is 5.11 Å². The number of H-pyrrole nitrogens is 1. The zero-order chi connectivity index (χ0) is 18.3. The van der Waals surface area contributed by atoms with Gasteiger partial charge >= 0.3 is 0 Å². The van der Waals surface area contributed by atoms with Crippen LogP contribution >= 0.6 is 11.6 Å². The molecule has 26 heavy (non-hydrogen) atoms. The van der Waals surface area contributed by atoms with Gasteiger partial charge in [0, 0.05) is 24.2 Å². The fourth-order valence-electron chi connectivity index (χ4n) is 3.51. The Balaban J connectivity index is 1.57. The molecule has 0 saturated carbocycles. The fourth-order valence-corrected chi connectivity index (χ4v) is 3.63. The van der Waals surface area contributed by atoms with Gasteiger partial charge in [-0.05, 0) is 37.1 Å². The van der Waals surface area contributed by atoms with Gasteiger partial charge in [-0.15, -0.1) is 0 Å². The van der Waals surface area contributed by atoms with Crippen molar-refractivity contribution in [2.45, 2.75) is 25.0 Å². The standard InChI is InChI=1S/C17H19ClN6O2/c18-12-4-2-11(3-5-12)17(26)6-1-7-23(10-17)9-13-8-14(25)24-16(20-13)21-15(19)22-24/h2-5,8,26H,1,6-7,9-10H2,(H3,19,20,21,22). The number of nitrogens with zero attached hydrogens (tertiary/aromatic N) is 4. The van der Waals surface area contributed by atoms with E-state index in [-0.39, 0.29) is 17.3 Å². The lowest BCUT2D eigenvalue weighted by Crippen LogP contribution is -2.45. The molecule has 1 aliphatic heterocycles. The van der Waals surface area contributed by atoms with Crippen LogP contribution in [0, 0.1) is 0 Å². The Hall–Kier alpha value is -2.42. The zero-order valence-electron chi connectivity index (χ0n) is 14.0. The predicted molar refractivity (Wildman–Crippen MR) is 97.9 cm³/mol. The maximum Gasteiger partial charge on any atom is 0.274 e. The van der Waals surface area contributed by atoms with Crippen molar-refractivity contribution in [1.82, 2.24) is 24.5 Å². The first kappa shape index (κ1) is 17.0. The van der Waals surface area contributed by atoms with E-state index in [9.17, 15) is 9.90 Å². The van der Waals surface area contributed by atoms with Gasteiger partial charge in [0.2, 0.25) is 5.95 Å². The number of nitrogen functional groups attached to an aromatic ring is 1. The van der Waals surface area contributed by atoms with Crippen molar-refractivity contribution in [3.8, 4) is 0 Å². The molecule has 4 N–H and O–H groups in total. The van der Waals surface area contributed by atoms with Crippen molar-refractivity contribution >= 4 is 23.3 Å². The van der Waals surface area contributed by atoms with Crippen molar-refractivity contribution in [3.63, 3.8) is 0 Å². The minimum Gasteiger partial charge on any atom is -0.384 e. The van der Waals surface area contributed by atoms with Crippen molar-refractivity contribution in [2.24, 2.45) is 0 Å². The van der Waals surface area contributed by atoms with Crippen LogP contribution in [0.1, 0.15) is 24.1 Å². The number of aromatic nitrogens is 4. The van der Waals surface area contributed by atoms with E-state index in [1.54, 1.807) is 12.1 Å². The van der Waals surface area contributed by atoms with E-state index in [0.29, 0.717) is 30.2 Å². The summed E-state index contributed by atoms with van der Waals surface area (Å²) in [6.07, 6.45) is 1.52. The van der Waals surface area contributed by atoms with Gasteiger partial charge in [0.1, 0.15) is 5.60 Å². The normalized spacial score (nSPS) is 21.3. The summed E-state index contributed by atoms with van der Waals surface area (Å²) in [7, 11) is 0. The number of halogens is 1. The highest BCUT2D eigenvalue weighted by Gasteiger charge is 2.35. The Morgan fingerprint density at radius 3 is 2.85 bits per heavy atom. The number of likely N-dealkylation sites (tertiary alicyclic amines) is 1. The maximum atomic E-state index is 12.2. The first-order valence-electron chi connectivity index (χ1n) is 8.38. The van der Waals surface area contributed by atoms with Crippen LogP contribution in [0.2, 0.25) is 5.02 Å². The number of rotatable bonds is 3. The number of β-amino-alcohol motifs (C(OH)–C–C–N with tert-alkyl or cyclic N) is 1. The Morgan fingerprint density at radius 2 is 2.08 bits per heavy atom. The summed E-state index contributed by atoms with van der Waals surface area (Å²) >= 11 is 5.95. The Kier molecular flexibility index (Phi) is 4.18. The highest BCUT2D eigenvalue weighted by atomic mass is 35.5. The molecule has 1 saturated heterocycles. The molecule has 1 fully saturated rings. The number of nitrogens with one attached hydrogen (secondary N) is 1. The van der Waals surface area contributed by atoms with Gasteiger partial charge in [-0.3, -0.25) is 14.8 Å². The summed E-state index contributed by atoms with van der Waals surface area (Å²) in [4.78, 5) is 22.6. The van der Waals surface area contributed by atoms with Gasteiger partial charge in [-0.1, -0.05) is 23.7 Å². The summed E-state index contributed by atoms with van der Waals surface area (Å²) < 4.78 is 1.21. The topological polar surface area (TPSA) is 113 Å². The Bertz CT molecular complexity index is 999. The quantitative estimate of drug-likeness (QED) is 0.633. The number of hydrogen-bond acceptors (Lipinski definition) is 6. The van der Waals surface area contributed by atoms with Gasteiger partial charge in [-0.25, -0.2) is 4.98 Å². The van der Waals surface area contributed by atoms with Crippen LogP contribution in [-0.4, -0.2) is 42.7 Å². The first-order valence-corrected chi connectivity index (χ1v) is 8.76. The van der Waals surface area contributed by atoms with Crippen LogP contribution in [0.4, 0.5) is 5.95 Å². The summed E-state index contributed by atoms with van der Waals surface area (Å²) in [5.41, 5.74) is 5.82. The highest BCUT2D eigenvalue weighted by Crippen LogP contribution is 2.32. The lowest BCUT2D eigenvalue weighted by Gasteiger charge is -2.39. The number of aliphatic hydroxyl groups is 1.